The molecule has 0 aliphatic carbocycles. The Kier molecular flexibility index (Phi) is 5.38. The molecule has 0 saturated carbocycles. The number of thioether (sulfide) groups is 1. The van der Waals surface area contributed by atoms with Crippen LogP contribution >= 0.6 is 23.4 Å². The minimum absolute atomic E-state index is 0.0193. The molecule has 0 atom stereocenters. The summed E-state index contributed by atoms with van der Waals surface area (Å²) in [6, 6.07) is 15.7. The van der Waals surface area contributed by atoms with Gasteiger partial charge in [-0.1, -0.05) is 41.9 Å². The van der Waals surface area contributed by atoms with Crippen molar-refractivity contribution in [3.8, 4) is 0 Å². The maximum absolute atomic E-state index is 12.1. The lowest BCUT2D eigenvalue weighted by molar-refractivity contribution is -0.118. The molecular weight excluding hydrogens is 340 g/mol. The maximum Gasteiger partial charge on any atom is 0.230 e. The number of fused-ring (bicyclic) bond motifs is 1. The van der Waals surface area contributed by atoms with Crippen molar-refractivity contribution in [3.63, 3.8) is 0 Å². The summed E-state index contributed by atoms with van der Waals surface area (Å²) in [4.78, 5) is 17.4. The molecule has 0 spiro atoms. The zero-order valence-electron chi connectivity index (χ0n) is 13.3. The highest BCUT2D eigenvalue weighted by Crippen LogP contribution is 2.33. The molecule has 0 aliphatic rings. The average molecular weight is 357 g/mol. The molecule has 2 aromatic carbocycles. The molecule has 24 heavy (non-hydrogen) atoms. The fourth-order valence-corrected chi connectivity index (χ4v) is 3.74. The number of nitrogens with zero attached hydrogens (tertiary/aromatic N) is 1. The Bertz CT molecular complexity index is 877. The molecule has 3 rings (SSSR count). The van der Waals surface area contributed by atoms with Crippen molar-refractivity contribution in [2.45, 2.75) is 18.4 Å². The van der Waals surface area contributed by atoms with Gasteiger partial charge in [0.05, 0.1) is 18.0 Å². The largest absolute Gasteiger partial charge is 0.350 e. The van der Waals surface area contributed by atoms with E-state index in [1.807, 2.05) is 55.5 Å². The number of carbonyl (C=O) groups excluding carboxylic acids is 1. The Balaban J connectivity index is 1.64. The summed E-state index contributed by atoms with van der Waals surface area (Å²) < 4.78 is 0. The second kappa shape index (κ2) is 7.69. The first-order valence-corrected chi connectivity index (χ1v) is 8.99. The van der Waals surface area contributed by atoms with E-state index in [0.717, 1.165) is 26.9 Å². The number of hydrogen-bond donors (Lipinski definition) is 1. The van der Waals surface area contributed by atoms with Crippen LogP contribution in [0.2, 0.25) is 5.02 Å². The van der Waals surface area contributed by atoms with Crippen molar-refractivity contribution in [2.24, 2.45) is 0 Å². The highest BCUT2D eigenvalue weighted by atomic mass is 35.5. The number of nitrogens with one attached hydrogen (secondary N) is 1. The zero-order chi connectivity index (χ0) is 16.9. The average Bonchev–Trinajstić information content (AvgIpc) is 2.59. The molecule has 5 heteroatoms. The summed E-state index contributed by atoms with van der Waals surface area (Å²) in [5.41, 5.74) is 1.97. The topological polar surface area (TPSA) is 42.0 Å². The molecule has 122 valence electrons. The third-order valence-electron chi connectivity index (χ3n) is 3.75. The summed E-state index contributed by atoms with van der Waals surface area (Å²) >= 11 is 7.81. The molecule has 0 radical (unpaired) electrons. The lowest BCUT2D eigenvalue weighted by Crippen LogP contribution is -2.25. The Morgan fingerprint density at radius 1 is 1.17 bits per heavy atom. The quantitative estimate of drug-likeness (QED) is 0.679. The van der Waals surface area contributed by atoms with Crippen LogP contribution in [0.4, 0.5) is 0 Å². The van der Waals surface area contributed by atoms with Crippen LogP contribution < -0.4 is 5.32 Å². The number of aryl methyl sites for hydroxylation is 1. The molecule has 1 amide bonds. The fourth-order valence-electron chi connectivity index (χ4n) is 2.46. The van der Waals surface area contributed by atoms with Gasteiger partial charge in [0.25, 0.3) is 0 Å². The second-order valence-electron chi connectivity index (χ2n) is 5.43. The van der Waals surface area contributed by atoms with Gasteiger partial charge in [0.15, 0.2) is 0 Å². The zero-order valence-corrected chi connectivity index (χ0v) is 14.8. The van der Waals surface area contributed by atoms with Gasteiger partial charge in [0.1, 0.15) is 0 Å². The van der Waals surface area contributed by atoms with E-state index in [0.29, 0.717) is 17.3 Å². The van der Waals surface area contributed by atoms with E-state index in [9.17, 15) is 4.79 Å². The van der Waals surface area contributed by atoms with Crippen molar-refractivity contribution < 1.29 is 4.79 Å². The molecule has 3 nitrogen and oxygen atoms in total. The van der Waals surface area contributed by atoms with Crippen molar-refractivity contribution in [1.29, 1.82) is 0 Å². The number of benzene rings is 2. The maximum atomic E-state index is 12.1. The fraction of sp³-hybridized carbons (Fsp3) is 0.158. The molecule has 1 heterocycles. The van der Waals surface area contributed by atoms with Crippen molar-refractivity contribution in [2.75, 3.05) is 5.75 Å². The van der Waals surface area contributed by atoms with E-state index >= 15 is 0 Å². The first kappa shape index (κ1) is 16.8. The Morgan fingerprint density at radius 3 is 2.75 bits per heavy atom. The Morgan fingerprint density at radius 2 is 1.96 bits per heavy atom. The first-order valence-electron chi connectivity index (χ1n) is 7.62. The number of amides is 1. The molecule has 1 aromatic heterocycles. The summed E-state index contributed by atoms with van der Waals surface area (Å²) in [6.07, 6.45) is 1.74. The summed E-state index contributed by atoms with van der Waals surface area (Å²) in [5, 5.41) is 5.71. The van der Waals surface area contributed by atoms with Crippen LogP contribution in [0.3, 0.4) is 0 Å². The molecule has 0 aliphatic heterocycles. The lowest BCUT2D eigenvalue weighted by atomic mass is 10.1. The van der Waals surface area contributed by atoms with E-state index in [4.69, 9.17) is 11.6 Å². The van der Waals surface area contributed by atoms with Crippen LogP contribution in [0.15, 0.2) is 59.6 Å². The minimum atomic E-state index is -0.0193. The number of carbonyl (C=O) groups is 1. The van der Waals surface area contributed by atoms with Crippen LogP contribution in [-0.2, 0) is 11.3 Å². The lowest BCUT2D eigenvalue weighted by Gasteiger charge is -2.09. The predicted molar refractivity (Wildman–Crippen MR) is 101 cm³/mol. The van der Waals surface area contributed by atoms with Gasteiger partial charge < -0.3 is 5.32 Å². The number of pyridine rings is 1. The highest BCUT2D eigenvalue weighted by molar-refractivity contribution is 8.00. The number of rotatable bonds is 5. The van der Waals surface area contributed by atoms with Gasteiger partial charge in [-0.15, -0.1) is 11.8 Å². The molecule has 0 saturated heterocycles. The summed E-state index contributed by atoms with van der Waals surface area (Å²) in [6.45, 7) is 2.43. The smallest absolute Gasteiger partial charge is 0.230 e. The van der Waals surface area contributed by atoms with E-state index in [-0.39, 0.29) is 5.91 Å². The van der Waals surface area contributed by atoms with Gasteiger partial charge >= 0.3 is 0 Å². The van der Waals surface area contributed by atoms with Gasteiger partial charge in [0.2, 0.25) is 5.91 Å². The molecule has 3 aromatic rings. The van der Waals surface area contributed by atoms with E-state index in [1.54, 1.807) is 6.20 Å². The van der Waals surface area contributed by atoms with Crippen molar-refractivity contribution in [3.05, 3.63) is 71.0 Å². The molecule has 0 bridgehead atoms. The highest BCUT2D eigenvalue weighted by Gasteiger charge is 2.09. The summed E-state index contributed by atoms with van der Waals surface area (Å²) in [7, 11) is 0. The van der Waals surface area contributed by atoms with Crippen LogP contribution in [0.5, 0.6) is 0 Å². The van der Waals surface area contributed by atoms with Gasteiger partial charge in [-0.05, 0) is 36.1 Å². The van der Waals surface area contributed by atoms with E-state index < -0.39 is 0 Å². The first-order chi connectivity index (χ1) is 11.6. The SMILES string of the molecule is Cc1cccnc1CNC(=O)CSc1cccc2cccc(Cl)c12. The predicted octanol–water partition coefficient (Wildman–Crippen LogP) is 4.61. The van der Waals surface area contributed by atoms with Gasteiger partial charge in [-0.3, -0.25) is 9.78 Å². The standard InChI is InChI=1S/C19H17ClN2OS/c1-13-5-4-10-21-16(13)11-22-18(23)12-24-17-9-3-7-14-6-2-8-15(20)19(14)17/h2-10H,11-12H2,1H3,(H,22,23). The molecule has 1 N–H and O–H groups in total. The van der Waals surface area contributed by atoms with Crippen molar-refractivity contribution in [1.82, 2.24) is 10.3 Å². The Hall–Kier alpha value is -2.04. The third-order valence-corrected chi connectivity index (χ3v) is 5.12. The molecule has 0 fully saturated rings. The Labute approximate surface area is 150 Å². The van der Waals surface area contributed by atoms with Crippen molar-refractivity contribution >= 4 is 40.0 Å². The number of halogens is 1. The van der Waals surface area contributed by atoms with Gasteiger partial charge in [0, 0.05) is 21.5 Å². The van der Waals surface area contributed by atoms with Crippen LogP contribution in [-0.4, -0.2) is 16.6 Å². The number of aromatic nitrogens is 1. The van der Waals surface area contributed by atoms with E-state index in [2.05, 4.69) is 10.3 Å². The van der Waals surface area contributed by atoms with Crippen LogP contribution in [0, 0.1) is 6.92 Å². The monoisotopic (exact) mass is 356 g/mol. The minimum Gasteiger partial charge on any atom is -0.350 e. The summed E-state index contributed by atoms with van der Waals surface area (Å²) in [5.74, 6) is 0.324. The molecular formula is C19H17ClN2OS. The third kappa shape index (κ3) is 3.89. The van der Waals surface area contributed by atoms with Gasteiger partial charge in [-0.25, -0.2) is 0 Å². The van der Waals surface area contributed by atoms with Gasteiger partial charge in [-0.2, -0.15) is 0 Å². The molecule has 0 unspecified atom stereocenters. The number of hydrogen-bond acceptors (Lipinski definition) is 3. The van der Waals surface area contributed by atoms with Crippen LogP contribution in [0.25, 0.3) is 10.8 Å². The normalized spacial score (nSPS) is 10.8. The van der Waals surface area contributed by atoms with Crippen LogP contribution in [0.1, 0.15) is 11.3 Å². The second-order valence-corrected chi connectivity index (χ2v) is 6.85. The van der Waals surface area contributed by atoms with E-state index in [1.165, 1.54) is 11.8 Å².